The van der Waals surface area contributed by atoms with Crippen LogP contribution in [0.2, 0.25) is 0 Å². The molecule has 0 spiro atoms. The summed E-state index contributed by atoms with van der Waals surface area (Å²) < 4.78 is 1.70. The van der Waals surface area contributed by atoms with E-state index in [9.17, 15) is 4.79 Å². The smallest absolute Gasteiger partial charge is 0.241 e. The lowest BCUT2D eigenvalue weighted by Gasteiger charge is -2.13. The Labute approximate surface area is 106 Å². The lowest BCUT2D eigenvalue weighted by Crippen LogP contribution is -2.35. The summed E-state index contributed by atoms with van der Waals surface area (Å²) in [5.41, 5.74) is 7.22. The molecule has 0 radical (unpaired) electrons. The Morgan fingerprint density at radius 1 is 1.44 bits per heavy atom. The van der Waals surface area contributed by atoms with Crippen molar-refractivity contribution in [1.29, 1.82) is 0 Å². The van der Waals surface area contributed by atoms with E-state index in [1.807, 2.05) is 43.5 Å². The van der Waals surface area contributed by atoms with Gasteiger partial charge < -0.3 is 11.1 Å². The van der Waals surface area contributed by atoms with E-state index < -0.39 is 6.04 Å². The number of carbonyl (C=O) groups is 1. The fourth-order valence-corrected chi connectivity index (χ4v) is 1.60. The van der Waals surface area contributed by atoms with Crippen LogP contribution in [-0.4, -0.2) is 21.7 Å². The number of rotatable bonds is 4. The van der Waals surface area contributed by atoms with E-state index in [2.05, 4.69) is 10.4 Å². The maximum Gasteiger partial charge on any atom is 0.241 e. The first-order valence-electron chi connectivity index (χ1n) is 5.88. The zero-order valence-corrected chi connectivity index (χ0v) is 10.2. The summed E-state index contributed by atoms with van der Waals surface area (Å²) in [5.74, 6) is -0.183. The second kappa shape index (κ2) is 5.46. The van der Waals surface area contributed by atoms with Gasteiger partial charge in [-0.05, 0) is 24.6 Å². The Morgan fingerprint density at radius 2 is 2.22 bits per heavy atom. The van der Waals surface area contributed by atoms with Crippen molar-refractivity contribution in [3.63, 3.8) is 0 Å². The Morgan fingerprint density at radius 3 is 2.89 bits per heavy atom. The molecule has 0 unspecified atom stereocenters. The van der Waals surface area contributed by atoms with Crippen LogP contribution in [0.4, 0.5) is 5.69 Å². The van der Waals surface area contributed by atoms with E-state index >= 15 is 0 Å². The van der Waals surface area contributed by atoms with Crippen LogP contribution >= 0.6 is 0 Å². The number of anilines is 1. The summed E-state index contributed by atoms with van der Waals surface area (Å²) in [7, 11) is 0. The molecule has 2 rings (SSSR count). The Hall–Kier alpha value is -2.14. The standard InChI is InChI=1S/C13H16N4O/c1-2-10(14)13(18)16-11-6-3-4-7-12(11)17-9-5-8-15-17/h3-10H,2,14H2,1H3,(H,16,18)/t10-/m0/s1. The molecule has 5 nitrogen and oxygen atoms in total. The molecule has 1 atom stereocenters. The third-order valence-electron chi connectivity index (χ3n) is 2.69. The second-order valence-electron chi connectivity index (χ2n) is 3.97. The lowest BCUT2D eigenvalue weighted by molar-refractivity contribution is -0.117. The molecule has 18 heavy (non-hydrogen) atoms. The number of para-hydroxylation sites is 2. The van der Waals surface area contributed by atoms with Gasteiger partial charge in [0.05, 0.1) is 17.4 Å². The van der Waals surface area contributed by atoms with Crippen LogP contribution in [0, 0.1) is 0 Å². The van der Waals surface area contributed by atoms with E-state index in [0.29, 0.717) is 12.1 Å². The van der Waals surface area contributed by atoms with E-state index in [-0.39, 0.29) is 5.91 Å². The highest BCUT2D eigenvalue weighted by Gasteiger charge is 2.13. The van der Waals surface area contributed by atoms with Crippen molar-refractivity contribution in [2.24, 2.45) is 5.73 Å². The Kier molecular flexibility index (Phi) is 3.74. The molecule has 94 valence electrons. The number of benzene rings is 1. The minimum Gasteiger partial charge on any atom is -0.323 e. The Bertz CT molecular complexity index is 522. The predicted molar refractivity (Wildman–Crippen MR) is 70.5 cm³/mol. The largest absolute Gasteiger partial charge is 0.323 e. The number of amides is 1. The molecule has 0 saturated heterocycles. The number of nitrogens with two attached hydrogens (primary N) is 1. The van der Waals surface area contributed by atoms with Gasteiger partial charge in [0.15, 0.2) is 0 Å². The highest BCUT2D eigenvalue weighted by Crippen LogP contribution is 2.19. The first kappa shape index (κ1) is 12.3. The summed E-state index contributed by atoms with van der Waals surface area (Å²) in [6.45, 7) is 1.88. The van der Waals surface area contributed by atoms with Gasteiger partial charge in [0.2, 0.25) is 5.91 Å². The highest BCUT2D eigenvalue weighted by molar-refractivity contribution is 5.96. The van der Waals surface area contributed by atoms with Crippen LogP contribution in [0.3, 0.4) is 0 Å². The molecule has 0 aliphatic heterocycles. The van der Waals surface area contributed by atoms with Gasteiger partial charge in [0.25, 0.3) is 0 Å². The molecule has 1 aromatic heterocycles. The normalized spacial score (nSPS) is 12.1. The van der Waals surface area contributed by atoms with Crippen molar-refractivity contribution in [3.8, 4) is 5.69 Å². The maximum atomic E-state index is 11.8. The molecule has 0 fully saturated rings. The average Bonchev–Trinajstić information content (AvgIpc) is 2.92. The zero-order chi connectivity index (χ0) is 13.0. The van der Waals surface area contributed by atoms with Crippen molar-refractivity contribution < 1.29 is 4.79 Å². The van der Waals surface area contributed by atoms with Gasteiger partial charge in [0.1, 0.15) is 0 Å². The molecule has 0 bridgehead atoms. The van der Waals surface area contributed by atoms with Crippen LogP contribution in [0.15, 0.2) is 42.7 Å². The van der Waals surface area contributed by atoms with E-state index in [1.54, 1.807) is 10.9 Å². The number of nitrogens with zero attached hydrogens (tertiary/aromatic N) is 2. The number of nitrogens with one attached hydrogen (secondary N) is 1. The minimum absolute atomic E-state index is 0.183. The van der Waals surface area contributed by atoms with E-state index in [1.165, 1.54) is 0 Å². The topological polar surface area (TPSA) is 72.9 Å². The number of hydrogen-bond acceptors (Lipinski definition) is 3. The van der Waals surface area contributed by atoms with Crippen LogP contribution in [0.1, 0.15) is 13.3 Å². The van der Waals surface area contributed by atoms with Gasteiger partial charge >= 0.3 is 0 Å². The first-order valence-corrected chi connectivity index (χ1v) is 5.88. The van der Waals surface area contributed by atoms with Gasteiger partial charge in [0, 0.05) is 12.4 Å². The van der Waals surface area contributed by atoms with E-state index in [4.69, 9.17) is 5.73 Å². The zero-order valence-electron chi connectivity index (χ0n) is 10.2. The fourth-order valence-electron chi connectivity index (χ4n) is 1.60. The van der Waals surface area contributed by atoms with Gasteiger partial charge in [-0.3, -0.25) is 4.79 Å². The van der Waals surface area contributed by atoms with Crippen LogP contribution in [0.25, 0.3) is 5.69 Å². The molecule has 0 aliphatic rings. The summed E-state index contributed by atoms with van der Waals surface area (Å²) in [4.78, 5) is 11.8. The molecular weight excluding hydrogens is 228 g/mol. The van der Waals surface area contributed by atoms with Gasteiger partial charge in [-0.15, -0.1) is 0 Å². The third kappa shape index (κ3) is 2.57. The average molecular weight is 244 g/mol. The molecule has 1 heterocycles. The molecule has 0 saturated carbocycles. The molecule has 3 N–H and O–H groups in total. The van der Waals surface area contributed by atoms with Crippen molar-refractivity contribution in [1.82, 2.24) is 9.78 Å². The van der Waals surface area contributed by atoms with Gasteiger partial charge in [-0.1, -0.05) is 19.1 Å². The van der Waals surface area contributed by atoms with Gasteiger partial charge in [-0.25, -0.2) is 4.68 Å². The summed E-state index contributed by atoms with van der Waals surface area (Å²) in [5, 5.41) is 6.98. The van der Waals surface area contributed by atoms with Crippen LogP contribution in [-0.2, 0) is 4.79 Å². The molecule has 1 amide bonds. The molecule has 5 heteroatoms. The fraction of sp³-hybridized carbons (Fsp3) is 0.231. The number of aromatic nitrogens is 2. The molecule has 0 aliphatic carbocycles. The number of hydrogen-bond donors (Lipinski definition) is 2. The SMILES string of the molecule is CC[C@H](N)C(=O)Nc1ccccc1-n1cccn1. The lowest BCUT2D eigenvalue weighted by atomic mass is 10.2. The second-order valence-corrected chi connectivity index (χ2v) is 3.97. The Balaban J connectivity index is 2.26. The maximum absolute atomic E-state index is 11.8. The van der Waals surface area contributed by atoms with Gasteiger partial charge in [-0.2, -0.15) is 5.10 Å². The molecule has 1 aromatic carbocycles. The predicted octanol–water partition coefficient (Wildman–Crippen LogP) is 1.55. The van der Waals surface area contributed by atoms with Crippen LogP contribution < -0.4 is 11.1 Å². The number of carbonyl (C=O) groups excluding carboxylic acids is 1. The van der Waals surface area contributed by atoms with Crippen molar-refractivity contribution in [2.45, 2.75) is 19.4 Å². The van der Waals surface area contributed by atoms with Crippen molar-refractivity contribution in [2.75, 3.05) is 5.32 Å². The quantitative estimate of drug-likeness (QED) is 0.857. The summed E-state index contributed by atoms with van der Waals surface area (Å²) >= 11 is 0. The summed E-state index contributed by atoms with van der Waals surface area (Å²) in [6, 6.07) is 8.82. The third-order valence-corrected chi connectivity index (χ3v) is 2.69. The van der Waals surface area contributed by atoms with Crippen molar-refractivity contribution in [3.05, 3.63) is 42.7 Å². The minimum atomic E-state index is -0.490. The molecule has 2 aromatic rings. The highest BCUT2D eigenvalue weighted by atomic mass is 16.2. The van der Waals surface area contributed by atoms with Crippen LogP contribution in [0.5, 0.6) is 0 Å². The first-order chi connectivity index (χ1) is 8.72. The monoisotopic (exact) mass is 244 g/mol. The summed E-state index contributed by atoms with van der Waals surface area (Å²) in [6.07, 6.45) is 4.12. The van der Waals surface area contributed by atoms with E-state index in [0.717, 1.165) is 5.69 Å². The molecular formula is C13H16N4O. The van der Waals surface area contributed by atoms with Crippen molar-refractivity contribution >= 4 is 11.6 Å².